The van der Waals surface area contributed by atoms with Crippen molar-refractivity contribution in [3.05, 3.63) is 24.0 Å². The van der Waals surface area contributed by atoms with Gasteiger partial charge in [0.15, 0.2) is 0 Å². The van der Waals surface area contributed by atoms with E-state index in [1.165, 1.54) is 12.8 Å². The van der Waals surface area contributed by atoms with Gasteiger partial charge in [-0.2, -0.15) is 4.98 Å². The van der Waals surface area contributed by atoms with Crippen molar-refractivity contribution in [2.24, 2.45) is 5.92 Å². The summed E-state index contributed by atoms with van der Waals surface area (Å²) in [5.74, 6) is 2.97. The van der Waals surface area contributed by atoms with Crippen LogP contribution in [-0.4, -0.2) is 23.2 Å². The van der Waals surface area contributed by atoms with Crippen LogP contribution in [0.25, 0.3) is 11.4 Å². The zero-order valence-electron chi connectivity index (χ0n) is 11.2. The predicted molar refractivity (Wildman–Crippen MR) is 70.7 cm³/mol. The third-order valence-corrected chi connectivity index (χ3v) is 3.79. The van der Waals surface area contributed by atoms with Gasteiger partial charge in [-0.3, -0.25) is 0 Å². The van der Waals surface area contributed by atoms with Gasteiger partial charge in [0, 0.05) is 6.42 Å². The van der Waals surface area contributed by atoms with Crippen LogP contribution < -0.4 is 5.32 Å². The van der Waals surface area contributed by atoms with E-state index in [0.717, 1.165) is 49.1 Å². The molecule has 3 rings (SSSR count). The van der Waals surface area contributed by atoms with E-state index in [9.17, 15) is 0 Å². The maximum Gasteiger partial charge on any atom is 0.226 e. The number of nitrogens with zero attached hydrogens (tertiary/aromatic N) is 2. The lowest BCUT2D eigenvalue weighted by molar-refractivity contribution is 0.324. The van der Waals surface area contributed by atoms with Gasteiger partial charge in [0.1, 0.15) is 5.76 Å². The lowest BCUT2D eigenvalue weighted by Gasteiger charge is -2.21. The molecule has 0 radical (unpaired) electrons. The highest BCUT2D eigenvalue weighted by Gasteiger charge is 2.16. The number of rotatable bonds is 4. The SMILES string of the molecule is Cc1occc1-c1noc(CCC2CCNCC2)n1. The molecule has 5 heteroatoms. The Balaban J connectivity index is 1.60. The van der Waals surface area contributed by atoms with Gasteiger partial charge in [0.2, 0.25) is 11.7 Å². The summed E-state index contributed by atoms with van der Waals surface area (Å²) in [6, 6.07) is 1.87. The fourth-order valence-electron chi connectivity index (χ4n) is 2.58. The van der Waals surface area contributed by atoms with E-state index in [1.54, 1.807) is 6.26 Å². The molecule has 1 N–H and O–H groups in total. The molecule has 102 valence electrons. The van der Waals surface area contributed by atoms with Crippen molar-refractivity contribution in [2.75, 3.05) is 13.1 Å². The molecule has 3 heterocycles. The molecule has 2 aromatic heterocycles. The Hall–Kier alpha value is -1.62. The molecule has 5 nitrogen and oxygen atoms in total. The molecule has 0 saturated carbocycles. The quantitative estimate of drug-likeness (QED) is 0.916. The average Bonchev–Trinajstić information content (AvgIpc) is 3.06. The summed E-state index contributed by atoms with van der Waals surface area (Å²) in [7, 11) is 0. The highest BCUT2D eigenvalue weighted by Crippen LogP contribution is 2.23. The van der Waals surface area contributed by atoms with Gasteiger partial charge in [-0.05, 0) is 51.3 Å². The minimum absolute atomic E-state index is 0.631. The van der Waals surface area contributed by atoms with E-state index < -0.39 is 0 Å². The smallest absolute Gasteiger partial charge is 0.226 e. The van der Waals surface area contributed by atoms with Crippen LogP contribution in [0.15, 0.2) is 21.3 Å². The molecule has 1 saturated heterocycles. The Kier molecular flexibility index (Phi) is 3.64. The van der Waals surface area contributed by atoms with Crippen molar-refractivity contribution in [3.63, 3.8) is 0 Å². The predicted octanol–water partition coefficient (Wildman–Crippen LogP) is 2.57. The summed E-state index contributed by atoms with van der Waals surface area (Å²) in [4.78, 5) is 4.44. The first-order valence-electron chi connectivity index (χ1n) is 6.90. The molecular weight excluding hydrogens is 242 g/mol. The van der Waals surface area contributed by atoms with Crippen LogP contribution in [0.1, 0.15) is 30.9 Å². The fraction of sp³-hybridized carbons (Fsp3) is 0.571. The first kappa shape index (κ1) is 12.4. The van der Waals surface area contributed by atoms with Crippen LogP contribution in [0.5, 0.6) is 0 Å². The van der Waals surface area contributed by atoms with E-state index in [-0.39, 0.29) is 0 Å². The number of furan rings is 1. The first-order valence-corrected chi connectivity index (χ1v) is 6.90. The van der Waals surface area contributed by atoms with Crippen molar-refractivity contribution < 1.29 is 8.94 Å². The summed E-state index contributed by atoms with van der Waals surface area (Å²) < 4.78 is 10.6. The lowest BCUT2D eigenvalue weighted by atomic mass is 9.93. The van der Waals surface area contributed by atoms with E-state index in [4.69, 9.17) is 8.94 Å². The largest absolute Gasteiger partial charge is 0.469 e. The summed E-state index contributed by atoms with van der Waals surface area (Å²) in [5, 5.41) is 7.40. The van der Waals surface area contributed by atoms with E-state index in [2.05, 4.69) is 15.5 Å². The number of piperidine rings is 1. The number of nitrogens with one attached hydrogen (secondary N) is 1. The Morgan fingerprint density at radius 1 is 1.37 bits per heavy atom. The standard InChI is InChI=1S/C14H19N3O2/c1-10-12(6-9-18-10)14-16-13(19-17-14)3-2-11-4-7-15-8-5-11/h6,9,11,15H,2-5,7-8H2,1H3. The zero-order chi connectivity index (χ0) is 13.1. The third kappa shape index (κ3) is 2.87. The normalized spacial score (nSPS) is 16.9. The van der Waals surface area contributed by atoms with Gasteiger partial charge in [-0.1, -0.05) is 5.16 Å². The Labute approximate surface area is 112 Å². The Morgan fingerprint density at radius 3 is 2.95 bits per heavy atom. The second-order valence-corrected chi connectivity index (χ2v) is 5.13. The number of aromatic nitrogens is 2. The molecule has 0 bridgehead atoms. The van der Waals surface area contributed by atoms with E-state index in [1.807, 2.05) is 13.0 Å². The third-order valence-electron chi connectivity index (χ3n) is 3.79. The number of aryl methyl sites for hydroxylation is 2. The highest BCUT2D eigenvalue weighted by molar-refractivity contribution is 5.55. The maximum absolute atomic E-state index is 5.32. The van der Waals surface area contributed by atoms with E-state index >= 15 is 0 Å². The van der Waals surface area contributed by atoms with Crippen LogP contribution >= 0.6 is 0 Å². The van der Waals surface area contributed by atoms with Gasteiger partial charge in [-0.15, -0.1) is 0 Å². The van der Waals surface area contributed by atoms with Crippen molar-refractivity contribution in [2.45, 2.75) is 32.6 Å². The molecule has 0 aliphatic carbocycles. The minimum Gasteiger partial charge on any atom is -0.469 e. The molecule has 1 fully saturated rings. The molecule has 0 unspecified atom stereocenters. The molecule has 19 heavy (non-hydrogen) atoms. The van der Waals surface area contributed by atoms with Crippen molar-refractivity contribution in [3.8, 4) is 11.4 Å². The van der Waals surface area contributed by atoms with E-state index in [0.29, 0.717) is 5.82 Å². The topological polar surface area (TPSA) is 64.1 Å². The maximum atomic E-state index is 5.32. The van der Waals surface area contributed by atoms with Crippen LogP contribution in [-0.2, 0) is 6.42 Å². The fourth-order valence-corrected chi connectivity index (χ4v) is 2.58. The molecule has 0 amide bonds. The van der Waals surface area contributed by atoms with Gasteiger partial charge >= 0.3 is 0 Å². The van der Waals surface area contributed by atoms with Gasteiger partial charge in [0.25, 0.3) is 0 Å². The monoisotopic (exact) mass is 261 g/mol. The zero-order valence-corrected chi connectivity index (χ0v) is 11.2. The molecule has 0 spiro atoms. The second kappa shape index (κ2) is 5.57. The molecular formula is C14H19N3O2. The first-order chi connectivity index (χ1) is 9.33. The van der Waals surface area contributed by atoms with Crippen molar-refractivity contribution >= 4 is 0 Å². The summed E-state index contributed by atoms with van der Waals surface area (Å²) in [6.45, 7) is 4.17. The number of hydrogen-bond donors (Lipinski definition) is 1. The Bertz CT molecular complexity index is 526. The summed E-state index contributed by atoms with van der Waals surface area (Å²) in [6.07, 6.45) is 6.15. The average molecular weight is 261 g/mol. The van der Waals surface area contributed by atoms with Crippen LogP contribution in [0.2, 0.25) is 0 Å². The van der Waals surface area contributed by atoms with Crippen molar-refractivity contribution in [1.29, 1.82) is 0 Å². The summed E-state index contributed by atoms with van der Waals surface area (Å²) >= 11 is 0. The Morgan fingerprint density at radius 2 is 2.21 bits per heavy atom. The van der Waals surface area contributed by atoms with Crippen LogP contribution in [0.3, 0.4) is 0 Å². The minimum atomic E-state index is 0.631. The molecule has 0 aromatic carbocycles. The molecule has 1 aliphatic rings. The molecule has 1 aliphatic heterocycles. The molecule has 0 atom stereocenters. The molecule has 2 aromatic rings. The van der Waals surface area contributed by atoms with Crippen molar-refractivity contribution in [1.82, 2.24) is 15.5 Å². The second-order valence-electron chi connectivity index (χ2n) is 5.13. The van der Waals surface area contributed by atoms with Gasteiger partial charge < -0.3 is 14.3 Å². The van der Waals surface area contributed by atoms with Gasteiger partial charge in [-0.25, -0.2) is 0 Å². The summed E-state index contributed by atoms with van der Waals surface area (Å²) in [5.41, 5.74) is 0.914. The van der Waals surface area contributed by atoms with Crippen LogP contribution in [0, 0.1) is 12.8 Å². The lowest BCUT2D eigenvalue weighted by Crippen LogP contribution is -2.27. The number of hydrogen-bond acceptors (Lipinski definition) is 5. The van der Waals surface area contributed by atoms with Gasteiger partial charge in [0.05, 0.1) is 11.8 Å². The van der Waals surface area contributed by atoms with Crippen LogP contribution in [0.4, 0.5) is 0 Å². The highest BCUT2D eigenvalue weighted by atomic mass is 16.5.